The molecule has 0 bridgehead atoms. The number of hydrogen-bond acceptors (Lipinski definition) is 5. The van der Waals surface area contributed by atoms with E-state index in [0.29, 0.717) is 35.7 Å². The first-order valence-corrected chi connectivity index (χ1v) is 8.11. The highest BCUT2D eigenvalue weighted by molar-refractivity contribution is 6.01. The Kier molecular flexibility index (Phi) is 6.63. The molecule has 2 N–H and O–H groups in total. The Bertz CT molecular complexity index is 845. The van der Waals surface area contributed by atoms with Crippen molar-refractivity contribution in [3.05, 3.63) is 65.6 Å². The van der Waals surface area contributed by atoms with Crippen LogP contribution in [0.5, 0.6) is 11.5 Å². The Morgan fingerprint density at radius 3 is 2.92 bits per heavy atom. The summed E-state index contributed by atoms with van der Waals surface area (Å²) in [4.78, 5) is 12.2. The number of aromatic hydroxyl groups is 1. The minimum absolute atomic E-state index is 0.0321. The highest BCUT2D eigenvalue weighted by atomic mass is 16.5. The van der Waals surface area contributed by atoms with Gasteiger partial charge in [-0.05, 0) is 49.2 Å². The fourth-order valence-electron chi connectivity index (χ4n) is 2.34. The van der Waals surface area contributed by atoms with Gasteiger partial charge in [0.05, 0.1) is 19.4 Å². The van der Waals surface area contributed by atoms with E-state index in [4.69, 9.17) is 9.15 Å². The van der Waals surface area contributed by atoms with Crippen LogP contribution in [0, 0.1) is 11.3 Å². The summed E-state index contributed by atoms with van der Waals surface area (Å²) >= 11 is 0. The number of ether oxygens (including phenoxy) is 1. The molecule has 1 aromatic carbocycles. The molecule has 0 saturated carbocycles. The lowest BCUT2D eigenvalue weighted by molar-refractivity contribution is -0.117. The van der Waals surface area contributed by atoms with Crippen molar-refractivity contribution in [2.45, 2.75) is 19.9 Å². The van der Waals surface area contributed by atoms with Crippen LogP contribution in [-0.4, -0.2) is 17.6 Å². The van der Waals surface area contributed by atoms with Crippen molar-refractivity contribution in [3.8, 4) is 17.6 Å². The van der Waals surface area contributed by atoms with Gasteiger partial charge in [0.25, 0.3) is 5.91 Å². The SMILES string of the molecule is C=CCc1cc(/C=C(/C#N)C(=O)NCc2ccco2)cc(OCC)c1O. The molecule has 1 amide bonds. The largest absolute Gasteiger partial charge is 0.504 e. The van der Waals surface area contributed by atoms with E-state index in [1.165, 1.54) is 12.3 Å². The maximum atomic E-state index is 12.2. The van der Waals surface area contributed by atoms with Gasteiger partial charge in [0.2, 0.25) is 0 Å². The van der Waals surface area contributed by atoms with Gasteiger partial charge in [0, 0.05) is 5.56 Å². The van der Waals surface area contributed by atoms with Crippen molar-refractivity contribution in [1.29, 1.82) is 5.26 Å². The average molecular weight is 352 g/mol. The minimum Gasteiger partial charge on any atom is -0.504 e. The number of phenols is 1. The number of carbonyl (C=O) groups is 1. The highest BCUT2D eigenvalue weighted by Crippen LogP contribution is 2.33. The number of hydrogen-bond donors (Lipinski definition) is 2. The zero-order valence-corrected chi connectivity index (χ0v) is 14.5. The van der Waals surface area contributed by atoms with Gasteiger partial charge in [0.1, 0.15) is 17.4 Å². The first-order valence-electron chi connectivity index (χ1n) is 8.11. The fourth-order valence-corrected chi connectivity index (χ4v) is 2.34. The fraction of sp³-hybridized carbons (Fsp3) is 0.200. The van der Waals surface area contributed by atoms with Gasteiger partial charge in [-0.25, -0.2) is 0 Å². The lowest BCUT2D eigenvalue weighted by Gasteiger charge is -2.11. The summed E-state index contributed by atoms with van der Waals surface area (Å²) in [6, 6.07) is 8.62. The number of nitrogens with one attached hydrogen (secondary N) is 1. The van der Waals surface area contributed by atoms with Crippen LogP contribution >= 0.6 is 0 Å². The average Bonchev–Trinajstić information content (AvgIpc) is 3.15. The van der Waals surface area contributed by atoms with Crippen molar-refractivity contribution in [3.63, 3.8) is 0 Å². The molecule has 2 rings (SSSR count). The normalized spacial score (nSPS) is 10.8. The number of nitriles is 1. The Morgan fingerprint density at radius 2 is 2.31 bits per heavy atom. The van der Waals surface area contributed by atoms with Crippen LogP contribution in [0.25, 0.3) is 6.08 Å². The third-order valence-corrected chi connectivity index (χ3v) is 3.52. The van der Waals surface area contributed by atoms with Crippen LogP contribution in [0.3, 0.4) is 0 Å². The Morgan fingerprint density at radius 1 is 1.50 bits per heavy atom. The highest BCUT2D eigenvalue weighted by Gasteiger charge is 2.13. The maximum absolute atomic E-state index is 12.2. The second-order valence-electron chi connectivity index (χ2n) is 5.38. The lowest BCUT2D eigenvalue weighted by Crippen LogP contribution is -2.23. The summed E-state index contributed by atoms with van der Waals surface area (Å²) in [6.07, 6.45) is 5.04. The van der Waals surface area contributed by atoms with E-state index in [0.717, 1.165) is 0 Å². The number of allylic oxidation sites excluding steroid dienone is 1. The van der Waals surface area contributed by atoms with Crippen molar-refractivity contribution in [2.24, 2.45) is 0 Å². The molecule has 0 atom stereocenters. The number of benzene rings is 1. The van der Waals surface area contributed by atoms with Crippen molar-refractivity contribution < 1.29 is 19.1 Å². The second kappa shape index (κ2) is 9.14. The molecule has 0 unspecified atom stereocenters. The van der Waals surface area contributed by atoms with Crippen LogP contribution < -0.4 is 10.1 Å². The van der Waals surface area contributed by atoms with Gasteiger partial charge < -0.3 is 19.6 Å². The van der Waals surface area contributed by atoms with Gasteiger partial charge >= 0.3 is 0 Å². The zero-order valence-electron chi connectivity index (χ0n) is 14.5. The first-order chi connectivity index (χ1) is 12.6. The van der Waals surface area contributed by atoms with Crippen molar-refractivity contribution in [2.75, 3.05) is 6.61 Å². The summed E-state index contributed by atoms with van der Waals surface area (Å²) in [7, 11) is 0. The molecule has 1 heterocycles. The van der Waals surface area contributed by atoms with Crippen LogP contribution in [0.2, 0.25) is 0 Å². The van der Waals surface area contributed by atoms with Gasteiger partial charge in [0.15, 0.2) is 11.5 Å². The quantitative estimate of drug-likeness (QED) is 0.432. The zero-order chi connectivity index (χ0) is 18.9. The maximum Gasteiger partial charge on any atom is 0.262 e. The van der Waals surface area contributed by atoms with Gasteiger partial charge in [-0.3, -0.25) is 4.79 Å². The molecule has 6 nitrogen and oxygen atoms in total. The minimum atomic E-state index is -0.514. The predicted molar refractivity (Wildman–Crippen MR) is 97.3 cm³/mol. The number of rotatable bonds is 8. The summed E-state index contributed by atoms with van der Waals surface area (Å²) < 4.78 is 10.6. The smallest absolute Gasteiger partial charge is 0.262 e. The molecule has 134 valence electrons. The molecule has 0 aliphatic heterocycles. The number of amides is 1. The number of furan rings is 1. The van der Waals surface area contributed by atoms with Gasteiger partial charge in [-0.2, -0.15) is 5.26 Å². The molecule has 0 saturated heterocycles. The molecule has 0 spiro atoms. The summed E-state index contributed by atoms with van der Waals surface area (Å²) in [5.41, 5.74) is 1.12. The Hall–Kier alpha value is -3.46. The lowest BCUT2D eigenvalue weighted by atomic mass is 10.0. The molecule has 0 aliphatic carbocycles. The first kappa shape index (κ1) is 18.9. The molecule has 1 aromatic heterocycles. The van der Waals surface area contributed by atoms with E-state index in [2.05, 4.69) is 11.9 Å². The van der Waals surface area contributed by atoms with E-state index < -0.39 is 5.91 Å². The number of nitrogens with zero attached hydrogens (tertiary/aromatic N) is 1. The summed E-state index contributed by atoms with van der Waals surface area (Å²) in [5, 5.41) is 22.2. The van der Waals surface area contributed by atoms with Gasteiger partial charge in [-0.15, -0.1) is 6.58 Å². The molecule has 6 heteroatoms. The molecular weight excluding hydrogens is 332 g/mol. The molecule has 26 heavy (non-hydrogen) atoms. The Balaban J connectivity index is 2.27. The topological polar surface area (TPSA) is 95.5 Å². The van der Waals surface area contributed by atoms with E-state index in [1.54, 1.807) is 37.3 Å². The summed E-state index contributed by atoms with van der Waals surface area (Å²) in [6.45, 7) is 6.03. The molecule has 0 fully saturated rings. The molecular formula is C20H20N2O4. The molecule has 0 radical (unpaired) electrons. The van der Waals surface area contributed by atoms with Crippen LogP contribution in [0.15, 0.2) is 53.2 Å². The number of phenolic OH excluding ortho intramolecular Hbond substituents is 1. The van der Waals surface area contributed by atoms with Crippen molar-refractivity contribution >= 4 is 12.0 Å². The second-order valence-corrected chi connectivity index (χ2v) is 5.38. The third kappa shape index (κ3) is 4.77. The monoisotopic (exact) mass is 352 g/mol. The third-order valence-electron chi connectivity index (χ3n) is 3.52. The van der Waals surface area contributed by atoms with E-state index >= 15 is 0 Å². The summed E-state index contributed by atoms with van der Waals surface area (Å²) in [5.74, 6) is 0.406. The van der Waals surface area contributed by atoms with Crippen LogP contribution in [0.4, 0.5) is 0 Å². The van der Waals surface area contributed by atoms with Crippen molar-refractivity contribution in [1.82, 2.24) is 5.32 Å². The predicted octanol–water partition coefficient (Wildman–Crippen LogP) is 3.34. The van der Waals surface area contributed by atoms with Crippen LogP contribution in [0.1, 0.15) is 23.8 Å². The van der Waals surface area contributed by atoms with E-state index in [9.17, 15) is 15.2 Å². The van der Waals surface area contributed by atoms with E-state index in [1.807, 2.05) is 6.07 Å². The number of carbonyl (C=O) groups excluding carboxylic acids is 1. The van der Waals surface area contributed by atoms with E-state index in [-0.39, 0.29) is 17.9 Å². The van der Waals surface area contributed by atoms with Crippen LogP contribution in [-0.2, 0) is 17.8 Å². The molecule has 0 aliphatic rings. The molecule has 2 aromatic rings. The van der Waals surface area contributed by atoms with Gasteiger partial charge in [-0.1, -0.05) is 6.08 Å². The standard InChI is InChI=1S/C20H20N2O4/c1-3-6-15-9-14(11-18(19(15)23)25-4-2)10-16(12-21)20(24)22-13-17-7-5-8-26-17/h3,5,7-11,23H,1,4,6,13H2,2H3,(H,22,24)/b16-10-. The Labute approximate surface area is 152 Å².